The van der Waals surface area contributed by atoms with Gasteiger partial charge in [0, 0.05) is 6.54 Å². The Labute approximate surface area is 137 Å². The number of hydrogen-bond donors (Lipinski definition) is 0. The van der Waals surface area contributed by atoms with Gasteiger partial charge >= 0.3 is 12.1 Å². The molecular formula is C18H25NO4. The number of amides is 1. The lowest BCUT2D eigenvalue weighted by atomic mass is 10.0. The Morgan fingerprint density at radius 2 is 1.87 bits per heavy atom. The van der Waals surface area contributed by atoms with E-state index < -0.39 is 17.7 Å². The molecule has 0 saturated carbocycles. The van der Waals surface area contributed by atoms with Gasteiger partial charge in [0.25, 0.3) is 0 Å². The third-order valence-electron chi connectivity index (χ3n) is 3.62. The fourth-order valence-corrected chi connectivity index (χ4v) is 2.57. The first-order valence-corrected chi connectivity index (χ1v) is 8.07. The Balaban J connectivity index is 1.97. The maximum Gasteiger partial charge on any atom is 0.410 e. The highest BCUT2D eigenvalue weighted by atomic mass is 16.6. The van der Waals surface area contributed by atoms with E-state index in [2.05, 4.69) is 0 Å². The molecule has 1 aromatic rings. The summed E-state index contributed by atoms with van der Waals surface area (Å²) in [6.45, 7) is 6.21. The van der Waals surface area contributed by atoms with Crippen LogP contribution in [-0.4, -0.2) is 35.2 Å². The zero-order valence-corrected chi connectivity index (χ0v) is 14.1. The summed E-state index contributed by atoms with van der Waals surface area (Å²) in [6, 6.07) is 8.95. The van der Waals surface area contributed by atoms with E-state index in [1.165, 1.54) is 4.90 Å². The molecule has 1 atom stereocenters. The summed E-state index contributed by atoms with van der Waals surface area (Å²) < 4.78 is 10.8. The summed E-state index contributed by atoms with van der Waals surface area (Å²) in [7, 11) is 0. The fraction of sp³-hybridized carbons (Fsp3) is 0.556. The molecule has 0 aromatic heterocycles. The van der Waals surface area contributed by atoms with Crippen LogP contribution in [0, 0.1) is 0 Å². The van der Waals surface area contributed by atoms with Gasteiger partial charge in [-0.3, -0.25) is 4.90 Å². The number of esters is 1. The second-order valence-electron chi connectivity index (χ2n) is 6.78. The van der Waals surface area contributed by atoms with Gasteiger partial charge < -0.3 is 9.47 Å². The number of hydrogen-bond acceptors (Lipinski definition) is 4. The monoisotopic (exact) mass is 319 g/mol. The minimum Gasteiger partial charge on any atom is -0.458 e. The van der Waals surface area contributed by atoms with Crippen LogP contribution >= 0.6 is 0 Å². The molecule has 0 aliphatic carbocycles. The van der Waals surface area contributed by atoms with Gasteiger partial charge in [0.2, 0.25) is 0 Å². The van der Waals surface area contributed by atoms with E-state index in [0.717, 1.165) is 18.4 Å². The fourth-order valence-electron chi connectivity index (χ4n) is 2.57. The molecule has 2 rings (SSSR count). The van der Waals surface area contributed by atoms with Crippen LogP contribution < -0.4 is 0 Å². The third-order valence-corrected chi connectivity index (χ3v) is 3.62. The molecule has 23 heavy (non-hydrogen) atoms. The molecule has 1 saturated heterocycles. The summed E-state index contributed by atoms with van der Waals surface area (Å²) in [4.78, 5) is 26.2. The van der Waals surface area contributed by atoms with Crippen molar-refractivity contribution >= 4 is 12.1 Å². The zero-order valence-electron chi connectivity index (χ0n) is 14.1. The highest BCUT2D eigenvalue weighted by Gasteiger charge is 2.35. The smallest absolute Gasteiger partial charge is 0.410 e. The number of rotatable bonds is 3. The Bertz CT molecular complexity index is 536. The molecule has 0 unspecified atom stereocenters. The van der Waals surface area contributed by atoms with Crippen molar-refractivity contribution in [1.29, 1.82) is 0 Å². The van der Waals surface area contributed by atoms with Crippen molar-refractivity contribution < 1.29 is 19.1 Å². The minimum absolute atomic E-state index is 0.206. The molecule has 0 N–H and O–H groups in total. The van der Waals surface area contributed by atoms with Gasteiger partial charge in [-0.1, -0.05) is 30.3 Å². The normalized spacial score (nSPS) is 18.4. The maximum atomic E-state index is 12.3. The zero-order chi connectivity index (χ0) is 16.9. The number of carbonyl (C=O) groups is 2. The lowest BCUT2D eigenvalue weighted by Gasteiger charge is -2.34. The molecule has 1 aliphatic rings. The van der Waals surface area contributed by atoms with Gasteiger partial charge in [-0.2, -0.15) is 0 Å². The van der Waals surface area contributed by atoms with Crippen molar-refractivity contribution in [2.45, 2.75) is 58.3 Å². The van der Waals surface area contributed by atoms with Crippen molar-refractivity contribution in [3.63, 3.8) is 0 Å². The minimum atomic E-state index is -0.561. The number of ether oxygens (including phenoxy) is 2. The lowest BCUT2D eigenvalue weighted by Crippen LogP contribution is -2.50. The first-order chi connectivity index (χ1) is 10.9. The summed E-state index contributed by atoms with van der Waals surface area (Å²) in [5, 5.41) is 0. The molecule has 1 aliphatic heterocycles. The van der Waals surface area contributed by atoms with Crippen molar-refractivity contribution in [3.05, 3.63) is 35.9 Å². The van der Waals surface area contributed by atoms with E-state index in [9.17, 15) is 9.59 Å². The standard InChI is InChI=1S/C18H25NO4/c1-18(2,3)23-16(20)15-11-7-8-12-19(15)17(21)22-13-14-9-5-4-6-10-14/h4-6,9-10,15H,7-8,11-13H2,1-3H3/t15-/m1/s1. The summed E-state index contributed by atoms with van der Waals surface area (Å²) in [6.07, 6.45) is 1.95. The number of likely N-dealkylation sites (tertiary alicyclic amines) is 1. The quantitative estimate of drug-likeness (QED) is 0.800. The molecule has 1 fully saturated rings. The van der Waals surface area contributed by atoms with Crippen LogP contribution in [0.25, 0.3) is 0 Å². The lowest BCUT2D eigenvalue weighted by molar-refractivity contribution is -0.162. The molecule has 0 radical (unpaired) electrons. The summed E-state index contributed by atoms with van der Waals surface area (Å²) in [5.74, 6) is -0.353. The highest BCUT2D eigenvalue weighted by molar-refractivity contribution is 5.82. The van der Waals surface area contributed by atoms with Crippen LogP contribution in [0.4, 0.5) is 4.79 Å². The van der Waals surface area contributed by atoms with Crippen molar-refractivity contribution in [2.75, 3.05) is 6.54 Å². The summed E-state index contributed by atoms with van der Waals surface area (Å²) in [5.41, 5.74) is 0.361. The summed E-state index contributed by atoms with van der Waals surface area (Å²) >= 11 is 0. The number of nitrogens with zero attached hydrogens (tertiary/aromatic N) is 1. The second kappa shape index (κ2) is 7.49. The van der Waals surface area contributed by atoms with Crippen LogP contribution in [0.15, 0.2) is 30.3 Å². The average molecular weight is 319 g/mol. The molecule has 1 amide bonds. The van der Waals surface area contributed by atoms with Gasteiger partial charge in [-0.25, -0.2) is 9.59 Å². The Morgan fingerprint density at radius 1 is 1.17 bits per heavy atom. The van der Waals surface area contributed by atoms with Crippen LogP contribution in [0.3, 0.4) is 0 Å². The average Bonchev–Trinajstić information content (AvgIpc) is 2.52. The van der Waals surface area contributed by atoms with E-state index in [-0.39, 0.29) is 12.6 Å². The van der Waals surface area contributed by atoms with Gasteiger partial charge in [-0.05, 0) is 45.6 Å². The van der Waals surface area contributed by atoms with E-state index in [1.807, 2.05) is 51.1 Å². The predicted octanol–water partition coefficient (Wildman–Crippen LogP) is 3.52. The Kier molecular flexibility index (Phi) is 5.64. The first-order valence-electron chi connectivity index (χ1n) is 8.07. The van der Waals surface area contributed by atoms with Crippen molar-refractivity contribution in [1.82, 2.24) is 4.90 Å². The third kappa shape index (κ3) is 5.27. The molecule has 126 valence electrons. The number of benzene rings is 1. The molecule has 5 heteroatoms. The first kappa shape index (κ1) is 17.3. The second-order valence-corrected chi connectivity index (χ2v) is 6.78. The topological polar surface area (TPSA) is 55.8 Å². The Morgan fingerprint density at radius 3 is 2.52 bits per heavy atom. The molecular weight excluding hydrogens is 294 g/mol. The van der Waals surface area contributed by atoms with Gasteiger partial charge in [0.1, 0.15) is 18.2 Å². The van der Waals surface area contributed by atoms with Crippen LogP contribution in [-0.2, 0) is 20.9 Å². The highest BCUT2D eigenvalue weighted by Crippen LogP contribution is 2.22. The number of carbonyl (C=O) groups excluding carboxylic acids is 2. The van der Waals surface area contributed by atoms with E-state index in [0.29, 0.717) is 13.0 Å². The molecule has 5 nitrogen and oxygen atoms in total. The number of piperidine rings is 1. The SMILES string of the molecule is CC(C)(C)OC(=O)[C@H]1CCCCN1C(=O)OCc1ccccc1. The van der Waals surface area contributed by atoms with Crippen molar-refractivity contribution in [2.24, 2.45) is 0 Å². The predicted molar refractivity (Wildman–Crippen MR) is 86.8 cm³/mol. The van der Waals surface area contributed by atoms with Crippen LogP contribution in [0.5, 0.6) is 0 Å². The molecule has 0 bridgehead atoms. The Hall–Kier alpha value is -2.04. The maximum absolute atomic E-state index is 12.3. The molecule has 0 spiro atoms. The molecule has 1 heterocycles. The van der Waals surface area contributed by atoms with E-state index in [4.69, 9.17) is 9.47 Å². The molecule has 1 aromatic carbocycles. The van der Waals surface area contributed by atoms with E-state index in [1.54, 1.807) is 0 Å². The van der Waals surface area contributed by atoms with Gasteiger partial charge in [-0.15, -0.1) is 0 Å². The van der Waals surface area contributed by atoms with Crippen molar-refractivity contribution in [3.8, 4) is 0 Å². The van der Waals surface area contributed by atoms with Gasteiger partial charge in [0.15, 0.2) is 0 Å². The van der Waals surface area contributed by atoms with Gasteiger partial charge in [0.05, 0.1) is 0 Å². The van der Waals surface area contributed by atoms with Crippen LogP contribution in [0.2, 0.25) is 0 Å². The van der Waals surface area contributed by atoms with E-state index >= 15 is 0 Å². The van der Waals surface area contributed by atoms with Crippen LogP contribution in [0.1, 0.15) is 45.6 Å². The largest absolute Gasteiger partial charge is 0.458 e.